The first-order valence-corrected chi connectivity index (χ1v) is 11.4. The van der Waals surface area contributed by atoms with Gasteiger partial charge in [0.05, 0.1) is 32.9 Å². The molecular weight excluding hydrogens is 420 g/mol. The van der Waals surface area contributed by atoms with Crippen molar-refractivity contribution in [3.05, 3.63) is 42.0 Å². The first-order chi connectivity index (χ1) is 14.8. The molecule has 1 fully saturated rings. The number of hydrogen-bond donors (Lipinski definition) is 1. The van der Waals surface area contributed by atoms with Gasteiger partial charge in [0.15, 0.2) is 0 Å². The lowest BCUT2D eigenvalue weighted by Gasteiger charge is -2.31. The van der Waals surface area contributed by atoms with Crippen molar-refractivity contribution in [2.45, 2.75) is 24.7 Å². The molecule has 0 saturated carbocycles. The Bertz CT molecular complexity index is 1050. The summed E-state index contributed by atoms with van der Waals surface area (Å²) in [5, 5.41) is 2.89. The number of methoxy groups -OCH3 is 3. The molecule has 0 unspecified atom stereocenters. The quantitative estimate of drug-likeness (QED) is 0.700. The molecule has 1 amide bonds. The van der Waals surface area contributed by atoms with Crippen molar-refractivity contribution in [3.8, 4) is 17.2 Å². The number of hydrogen-bond acceptors (Lipinski definition) is 6. The molecule has 3 rings (SSSR count). The van der Waals surface area contributed by atoms with Crippen LogP contribution in [0.1, 0.15) is 18.4 Å². The second-order valence-corrected chi connectivity index (χ2v) is 9.32. The zero-order chi connectivity index (χ0) is 22.6. The monoisotopic (exact) mass is 448 g/mol. The van der Waals surface area contributed by atoms with Gasteiger partial charge in [-0.25, -0.2) is 8.42 Å². The minimum absolute atomic E-state index is 0.0239. The van der Waals surface area contributed by atoms with Crippen LogP contribution < -0.4 is 19.5 Å². The maximum Gasteiger partial charge on any atom is 0.246 e. The van der Waals surface area contributed by atoms with Crippen LogP contribution in [0.25, 0.3) is 0 Å². The standard InChI is InChI=1S/C22H28N2O6S/c1-15-7-9-19(29-3)18(12-15)23-22(25)16-6-5-11-24(14-16)31(26,27)21-13-17(28-2)8-10-20(21)30-4/h7-10,12-13,16H,5-6,11,14H2,1-4H3,(H,23,25)/t16-/m1/s1. The Morgan fingerprint density at radius 1 is 1.03 bits per heavy atom. The van der Waals surface area contributed by atoms with Crippen molar-refractivity contribution in [2.24, 2.45) is 5.92 Å². The van der Waals surface area contributed by atoms with Crippen LogP contribution in [0.4, 0.5) is 5.69 Å². The summed E-state index contributed by atoms with van der Waals surface area (Å²) in [7, 11) is 0.556. The van der Waals surface area contributed by atoms with E-state index in [2.05, 4.69) is 5.32 Å². The SMILES string of the molecule is COc1ccc(OC)c(S(=O)(=O)N2CCC[C@@H](C(=O)Nc3cc(C)ccc3OC)C2)c1. The molecule has 0 spiro atoms. The minimum Gasteiger partial charge on any atom is -0.497 e. The minimum atomic E-state index is -3.87. The molecule has 1 aliphatic rings. The van der Waals surface area contributed by atoms with Crippen LogP contribution in [-0.2, 0) is 14.8 Å². The molecule has 9 heteroatoms. The number of rotatable bonds is 7. The lowest BCUT2D eigenvalue weighted by molar-refractivity contribution is -0.120. The predicted octanol–water partition coefficient (Wildman–Crippen LogP) is 3.06. The van der Waals surface area contributed by atoms with E-state index in [1.807, 2.05) is 19.1 Å². The lowest BCUT2D eigenvalue weighted by atomic mass is 9.98. The van der Waals surface area contributed by atoms with Gasteiger partial charge in [-0.3, -0.25) is 4.79 Å². The number of nitrogens with one attached hydrogen (secondary N) is 1. The van der Waals surface area contributed by atoms with Gasteiger partial charge >= 0.3 is 0 Å². The molecule has 31 heavy (non-hydrogen) atoms. The molecule has 1 N–H and O–H groups in total. The third-order valence-corrected chi connectivity index (χ3v) is 7.24. The van der Waals surface area contributed by atoms with E-state index in [0.29, 0.717) is 36.6 Å². The van der Waals surface area contributed by atoms with Crippen LogP contribution in [-0.4, -0.2) is 53.0 Å². The highest BCUT2D eigenvalue weighted by Gasteiger charge is 2.35. The number of piperidine rings is 1. The van der Waals surface area contributed by atoms with Gasteiger partial charge in [-0.2, -0.15) is 4.31 Å². The first-order valence-electron chi connectivity index (χ1n) is 9.97. The van der Waals surface area contributed by atoms with E-state index in [4.69, 9.17) is 14.2 Å². The molecule has 8 nitrogen and oxygen atoms in total. The molecular formula is C22H28N2O6S. The molecule has 1 atom stereocenters. The molecule has 0 aliphatic carbocycles. The second-order valence-electron chi connectivity index (χ2n) is 7.41. The third-order valence-electron chi connectivity index (χ3n) is 5.36. The molecule has 0 aromatic heterocycles. The molecule has 168 valence electrons. The van der Waals surface area contributed by atoms with Crippen molar-refractivity contribution >= 4 is 21.6 Å². The normalized spacial score (nSPS) is 17.1. The van der Waals surface area contributed by atoms with Crippen molar-refractivity contribution in [1.82, 2.24) is 4.31 Å². The Balaban J connectivity index is 1.82. The number of aryl methyl sites for hydroxylation is 1. The number of amides is 1. The Labute approximate surface area is 183 Å². The van der Waals surface area contributed by atoms with Crippen molar-refractivity contribution in [2.75, 3.05) is 39.7 Å². The van der Waals surface area contributed by atoms with E-state index in [-0.39, 0.29) is 23.1 Å². The zero-order valence-corrected chi connectivity index (χ0v) is 19.0. The van der Waals surface area contributed by atoms with Gasteiger partial charge in [-0.1, -0.05) is 6.07 Å². The average molecular weight is 449 g/mol. The first kappa shape index (κ1) is 22.9. The van der Waals surface area contributed by atoms with E-state index in [1.165, 1.54) is 31.7 Å². The Morgan fingerprint density at radius 3 is 2.42 bits per heavy atom. The van der Waals surface area contributed by atoms with Crippen LogP contribution in [0.15, 0.2) is 41.3 Å². The van der Waals surface area contributed by atoms with Crippen molar-refractivity contribution < 1.29 is 27.4 Å². The van der Waals surface area contributed by atoms with Gasteiger partial charge in [0.2, 0.25) is 15.9 Å². The van der Waals surface area contributed by atoms with E-state index in [1.54, 1.807) is 18.2 Å². The maximum absolute atomic E-state index is 13.3. The summed E-state index contributed by atoms with van der Waals surface area (Å²) in [6, 6.07) is 10.1. The summed E-state index contributed by atoms with van der Waals surface area (Å²) >= 11 is 0. The molecule has 0 bridgehead atoms. The third kappa shape index (κ3) is 4.94. The number of nitrogens with zero attached hydrogens (tertiary/aromatic N) is 1. The Morgan fingerprint density at radius 2 is 1.74 bits per heavy atom. The highest BCUT2D eigenvalue weighted by Crippen LogP contribution is 2.33. The number of sulfonamides is 1. The van der Waals surface area contributed by atoms with Crippen LogP contribution in [0.3, 0.4) is 0 Å². The molecule has 2 aromatic carbocycles. The van der Waals surface area contributed by atoms with Crippen LogP contribution in [0.2, 0.25) is 0 Å². The number of ether oxygens (including phenoxy) is 3. The number of benzene rings is 2. The van der Waals surface area contributed by atoms with E-state index in [0.717, 1.165) is 5.56 Å². The largest absolute Gasteiger partial charge is 0.497 e. The molecule has 1 saturated heterocycles. The maximum atomic E-state index is 13.3. The van der Waals surface area contributed by atoms with E-state index < -0.39 is 15.9 Å². The summed E-state index contributed by atoms with van der Waals surface area (Å²) in [5.74, 6) is 0.487. The summed E-state index contributed by atoms with van der Waals surface area (Å²) in [4.78, 5) is 13.0. The lowest BCUT2D eigenvalue weighted by Crippen LogP contribution is -2.43. The van der Waals surface area contributed by atoms with Crippen molar-refractivity contribution in [3.63, 3.8) is 0 Å². The summed E-state index contributed by atoms with van der Waals surface area (Å²) < 4.78 is 43.8. The molecule has 1 heterocycles. The fraction of sp³-hybridized carbons (Fsp3) is 0.409. The number of carbonyl (C=O) groups is 1. The average Bonchev–Trinajstić information content (AvgIpc) is 2.78. The summed E-state index contributed by atoms with van der Waals surface area (Å²) in [5.41, 5.74) is 1.55. The summed E-state index contributed by atoms with van der Waals surface area (Å²) in [6.45, 7) is 2.34. The van der Waals surface area contributed by atoms with Crippen molar-refractivity contribution in [1.29, 1.82) is 0 Å². The van der Waals surface area contributed by atoms with Crippen LogP contribution >= 0.6 is 0 Å². The number of carbonyl (C=O) groups excluding carboxylic acids is 1. The van der Waals surface area contributed by atoms with Crippen LogP contribution in [0, 0.1) is 12.8 Å². The molecule has 2 aromatic rings. The smallest absolute Gasteiger partial charge is 0.246 e. The van der Waals surface area contributed by atoms with Gasteiger partial charge < -0.3 is 19.5 Å². The topological polar surface area (TPSA) is 94.2 Å². The van der Waals surface area contributed by atoms with Gasteiger partial charge in [0.1, 0.15) is 22.1 Å². The van der Waals surface area contributed by atoms with Gasteiger partial charge in [-0.15, -0.1) is 0 Å². The number of anilines is 1. The van der Waals surface area contributed by atoms with E-state index >= 15 is 0 Å². The highest BCUT2D eigenvalue weighted by molar-refractivity contribution is 7.89. The predicted molar refractivity (Wildman–Crippen MR) is 117 cm³/mol. The fourth-order valence-electron chi connectivity index (χ4n) is 3.65. The second kappa shape index (κ2) is 9.57. The van der Waals surface area contributed by atoms with Gasteiger partial charge in [-0.05, 0) is 49.6 Å². The van der Waals surface area contributed by atoms with Crippen LogP contribution in [0.5, 0.6) is 17.2 Å². The van der Waals surface area contributed by atoms with E-state index in [9.17, 15) is 13.2 Å². The molecule has 1 aliphatic heterocycles. The van der Waals surface area contributed by atoms with Gasteiger partial charge in [0, 0.05) is 19.2 Å². The summed E-state index contributed by atoms with van der Waals surface area (Å²) in [6.07, 6.45) is 1.18. The highest BCUT2D eigenvalue weighted by atomic mass is 32.2. The Hall–Kier alpha value is -2.78. The molecule has 0 radical (unpaired) electrons. The zero-order valence-electron chi connectivity index (χ0n) is 18.2. The fourth-order valence-corrected chi connectivity index (χ4v) is 5.35. The Kier molecular flexibility index (Phi) is 7.07. The van der Waals surface area contributed by atoms with Gasteiger partial charge in [0.25, 0.3) is 0 Å².